The minimum absolute atomic E-state index is 0.252. The highest BCUT2D eigenvalue weighted by Gasteiger charge is 2.15. The molecule has 0 N–H and O–H groups in total. The summed E-state index contributed by atoms with van der Waals surface area (Å²) >= 11 is 1.55. The first kappa shape index (κ1) is 15.3. The summed E-state index contributed by atoms with van der Waals surface area (Å²) in [5.74, 6) is 0.743. The Morgan fingerprint density at radius 1 is 1.00 bits per heavy atom. The Morgan fingerprint density at radius 2 is 1.73 bits per heavy atom. The van der Waals surface area contributed by atoms with E-state index in [4.69, 9.17) is 0 Å². The quantitative estimate of drug-likeness (QED) is 0.799. The SMILES string of the molecule is O=C(CSc1ccc2ccccc2n1)N1CCCCCCC1. The second kappa shape index (κ2) is 7.63. The van der Waals surface area contributed by atoms with Crippen molar-refractivity contribution in [3.63, 3.8) is 0 Å². The molecular weight excluding hydrogens is 292 g/mol. The fraction of sp³-hybridized carbons (Fsp3) is 0.444. The molecule has 1 fully saturated rings. The molecule has 4 heteroatoms. The number of amides is 1. The first-order valence-electron chi connectivity index (χ1n) is 8.09. The average molecular weight is 314 g/mol. The summed E-state index contributed by atoms with van der Waals surface area (Å²) in [4.78, 5) is 19.0. The summed E-state index contributed by atoms with van der Waals surface area (Å²) < 4.78 is 0. The normalized spacial score (nSPS) is 16.3. The van der Waals surface area contributed by atoms with E-state index in [0.717, 1.165) is 41.9 Å². The second-order valence-electron chi connectivity index (χ2n) is 5.78. The lowest BCUT2D eigenvalue weighted by Crippen LogP contribution is -2.35. The van der Waals surface area contributed by atoms with Gasteiger partial charge < -0.3 is 4.90 Å². The number of aromatic nitrogens is 1. The minimum atomic E-state index is 0.252. The molecular formula is C18H22N2OS. The maximum absolute atomic E-state index is 12.4. The maximum Gasteiger partial charge on any atom is 0.232 e. The van der Waals surface area contributed by atoms with Crippen molar-refractivity contribution in [3.8, 4) is 0 Å². The molecule has 1 amide bonds. The molecule has 2 heterocycles. The first-order valence-corrected chi connectivity index (χ1v) is 9.08. The Kier molecular flexibility index (Phi) is 5.33. The molecule has 2 aromatic rings. The van der Waals surface area contributed by atoms with Crippen LogP contribution in [0.4, 0.5) is 0 Å². The molecule has 0 bridgehead atoms. The third-order valence-electron chi connectivity index (χ3n) is 4.13. The lowest BCUT2D eigenvalue weighted by molar-refractivity contribution is -0.128. The molecule has 0 aliphatic carbocycles. The molecule has 22 heavy (non-hydrogen) atoms. The Bertz CT molecular complexity index is 636. The number of hydrogen-bond acceptors (Lipinski definition) is 3. The zero-order valence-corrected chi connectivity index (χ0v) is 13.6. The van der Waals surface area contributed by atoms with Gasteiger partial charge in [0.25, 0.3) is 0 Å². The van der Waals surface area contributed by atoms with Gasteiger partial charge >= 0.3 is 0 Å². The maximum atomic E-state index is 12.4. The van der Waals surface area contributed by atoms with Crippen molar-refractivity contribution in [1.82, 2.24) is 9.88 Å². The van der Waals surface area contributed by atoms with Gasteiger partial charge in [-0.05, 0) is 25.0 Å². The predicted octanol–water partition coefficient (Wildman–Crippen LogP) is 4.12. The Hall–Kier alpha value is -1.55. The molecule has 1 aromatic carbocycles. The highest BCUT2D eigenvalue weighted by Crippen LogP contribution is 2.21. The number of carbonyl (C=O) groups excluding carboxylic acids is 1. The molecule has 0 unspecified atom stereocenters. The van der Waals surface area contributed by atoms with Gasteiger partial charge in [0, 0.05) is 18.5 Å². The van der Waals surface area contributed by atoms with Gasteiger partial charge in [-0.2, -0.15) is 0 Å². The van der Waals surface area contributed by atoms with E-state index in [-0.39, 0.29) is 5.91 Å². The van der Waals surface area contributed by atoms with Crippen LogP contribution in [0, 0.1) is 0 Å². The van der Waals surface area contributed by atoms with E-state index in [1.54, 1.807) is 11.8 Å². The van der Waals surface area contributed by atoms with Crippen molar-refractivity contribution in [1.29, 1.82) is 0 Å². The van der Waals surface area contributed by atoms with Crippen molar-refractivity contribution in [2.24, 2.45) is 0 Å². The molecule has 3 nitrogen and oxygen atoms in total. The summed E-state index contributed by atoms with van der Waals surface area (Å²) in [7, 11) is 0. The monoisotopic (exact) mass is 314 g/mol. The minimum Gasteiger partial charge on any atom is -0.342 e. The molecule has 1 aromatic heterocycles. The molecule has 1 saturated heterocycles. The zero-order valence-electron chi connectivity index (χ0n) is 12.8. The van der Waals surface area contributed by atoms with Crippen LogP contribution in [0.25, 0.3) is 10.9 Å². The van der Waals surface area contributed by atoms with Crippen LogP contribution in [0.2, 0.25) is 0 Å². The van der Waals surface area contributed by atoms with Crippen molar-refractivity contribution in [2.45, 2.75) is 37.1 Å². The fourth-order valence-corrected chi connectivity index (χ4v) is 3.63. The standard InChI is InChI=1S/C18H22N2OS/c21-18(20-12-6-2-1-3-7-13-20)14-22-17-11-10-15-8-4-5-9-16(15)19-17/h4-5,8-11H,1-3,6-7,12-14H2. The van der Waals surface area contributed by atoms with Crippen LogP contribution < -0.4 is 0 Å². The third-order valence-corrected chi connectivity index (χ3v) is 5.04. The van der Waals surface area contributed by atoms with Crippen molar-refractivity contribution < 1.29 is 4.79 Å². The summed E-state index contributed by atoms with van der Waals surface area (Å²) in [6.45, 7) is 1.84. The summed E-state index contributed by atoms with van der Waals surface area (Å²) in [5.41, 5.74) is 0.992. The number of likely N-dealkylation sites (tertiary alicyclic amines) is 1. The molecule has 0 radical (unpaired) electrons. The Morgan fingerprint density at radius 3 is 2.55 bits per heavy atom. The van der Waals surface area contributed by atoms with Crippen LogP contribution in [-0.4, -0.2) is 34.6 Å². The first-order chi connectivity index (χ1) is 10.8. The molecule has 1 aliphatic heterocycles. The lowest BCUT2D eigenvalue weighted by atomic mass is 10.1. The van der Waals surface area contributed by atoms with Crippen LogP contribution in [0.5, 0.6) is 0 Å². The van der Waals surface area contributed by atoms with Crippen LogP contribution in [0.15, 0.2) is 41.4 Å². The molecule has 0 saturated carbocycles. The molecule has 1 aliphatic rings. The number of carbonyl (C=O) groups is 1. The van der Waals surface area contributed by atoms with E-state index in [9.17, 15) is 4.79 Å². The van der Waals surface area contributed by atoms with Gasteiger partial charge in [0.2, 0.25) is 5.91 Å². The molecule has 116 valence electrons. The molecule has 3 rings (SSSR count). The van der Waals surface area contributed by atoms with Gasteiger partial charge in [0.1, 0.15) is 0 Å². The van der Waals surface area contributed by atoms with Crippen LogP contribution in [0.1, 0.15) is 32.1 Å². The highest BCUT2D eigenvalue weighted by molar-refractivity contribution is 7.99. The summed E-state index contributed by atoms with van der Waals surface area (Å²) in [6, 6.07) is 12.2. The largest absolute Gasteiger partial charge is 0.342 e. The molecule has 0 spiro atoms. The van der Waals surface area contributed by atoms with Gasteiger partial charge in [-0.1, -0.05) is 55.3 Å². The van der Waals surface area contributed by atoms with E-state index < -0.39 is 0 Å². The Balaban J connectivity index is 1.59. The number of thioether (sulfide) groups is 1. The van der Waals surface area contributed by atoms with Crippen molar-refractivity contribution >= 4 is 28.6 Å². The van der Waals surface area contributed by atoms with Gasteiger partial charge in [-0.3, -0.25) is 4.79 Å². The van der Waals surface area contributed by atoms with E-state index in [1.807, 2.05) is 29.2 Å². The zero-order chi connectivity index (χ0) is 15.2. The van der Waals surface area contributed by atoms with Gasteiger partial charge in [0.15, 0.2) is 0 Å². The smallest absolute Gasteiger partial charge is 0.232 e. The summed E-state index contributed by atoms with van der Waals surface area (Å²) in [6.07, 6.45) is 6.11. The number of benzene rings is 1. The van der Waals surface area contributed by atoms with E-state index in [2.05, 4.69) is 17.1 Å². The number of pyridine rings is 1. The fourth-order valence-electron chi connectivity index (χ4n) is 2.85. The number of nitrogens with zero attached hydrogens (tertiary/aromatic N) is 2. The predicted molar refractivity (Wildman–Crippen MR) is 92.1 cm³/mol. The number of para-hydroxylation sites is 1. The van der Waals surface area contributed by atoms with Crippen LogP contribution >= 0.6 is 11.8 Å². The van der Waals surface area contributed by atoms with E-state index in [0.29, 0.717) is 5.75 Å². The van der Waals surface area contributed by atoms with Gasteiger partial charge in [0.05, 0.1) is 16.3 Å². The second-order valence-corrected chi connectivity index (χ2v) is 6.78. The third kappa shape index (κ3) is 4.01. The van der Waals surface area contributed by atoms with Crippen molar-refractivity contribution in [2.75, 3.05) is 18.8 Å². The number of rotatable bonds is 3. The van der Waals surface area contributed by atoms with Gasteiger partial charge in [-0.25, -0.2) is 4.98 Å². The molecule has 0 atom stereocenters. The van der Waals surface area contributed by atoms with Crippen LogP contribution in [-0.2, 0) is 4.79 Å². The lowest BCUT2D eigenvalue weighted by Gasteiger charge is -2.24. The van der Waals surface area contributed by atoms with Crippen molar-refractivity contribution in [3.05, 3.63) is 36.4 Å². The van der Waals surface area contributed by atoms with Crippen LogP contribution in [0.3, 0.4) is 0 Å². The van der Waals surface area contributed by atoms with Gasteiger partial charge in [-0.15, -0.1) is 0 Å². The highest BCUT2D eigenvalue weighted by atomic mass is 32.2. The van der Waals surface area contributed by atoms with E-state index in [1.165, 1.54) is 19.3 Å². The van der Waals surface area contributed by atoms with E-state index >= 15 is 0 Å². The summed E-state index contributed by atoms with van der Waals surface area (Å²) in [5, 5.41) is 2.07. The average Bonchev–Trinajstić information content (AvgIpc) is 2.52. The Labute approximate surface area is 136 Å². The topological polar surface area (TPSA) is 33.2 Å². The number of hydrogen-bond donors (Lipinski definition) is 0. The number of fused-ring (bicyclic) bond motifs is 1.